The summed E-state index contributed by atoms with van der Waals surface area (Å²) < 4.78 is 28.8. The van der Waals surface area contributed by atoms with Gasteiger partial charge in [0.1, 0.15) is 11.4 Å². The molecule has 0 saturated carbocycles. The maximum atomic E-state index is 11.6. The third-order valence-electron chi connectivity index (χ3n) is 6.44. The van der Waals surface area contributed by atoms with Gasteiger partial charge in [0.25, 0.3) is 0 Å². The van der Waals surface area contributed by atoms with Gasteiger partial charge in [-0.1, -0.05) is 6.07 Å². The van der Waals surface area contributed by atoms with Gasteiger partial charge in [0.05, 0.1) is 70.8 Å². The molecule has 0 radical (unpaired) electrons. The Balaban J connectivity index is 1.52. The van der Waals surface area contributed by atoms with E-state index in [0.29, 0.717) is 129 Å². The number of ether oxygens (including phenoxy) is 5. The maximum absolute atomic E-state index is 11.6. The highest BCUT2D eigenvalue weighted by molar-refractivity contribution is 5.86. The van der Waals surface area contributed by atoms with Crippen molar-refractivity contribution in [3.8, 4) is 5.75 Å². The molecule has 1 aliphatic rings. The number of nitrogens with two attached hydrogens (primary N) is 1. The minimum atomic E-state index is -1.12. The van der Waals surface area contributed by atoms with E-state index in [-0.39, 0.29) is 11.4 Å². The minimum absolute atomic E-state index is 0.0152. The van der Waals surface area contributed by atoms with Crippen LogP contribution in [0.4, 0.5) is 0 Å². The molecule has 2 aromatic heterocycles. The zero-order valence-corrected chi connectivity index (χ0v) is 24.5. The molecule has 1 aliphatic heterocycles. The summed E-state index contributed by atoms with van der Waals surface area (Å²) >= 11 is 0. The van der Waals surface area contributed by atoms with E-state index < -0.39 is 11.9 Å². The van der Waals surface area contributed by atoms with Gasteiger partial charge in [-0.2, -0.15) is 0 Å². The lowest BCUT2D eigenvalue weighted by molar-refractivity contribution is 0.00596. The lowest BCUT2D eigenvalue weighted by atomic mass is 10.2. The summed E-state index contributed by atoms with van der Waals surface area (Å²) in [5.74, 6) is -1.73. The summed E-state index contributed by atoms with van der Waals surface area (Å²) in [6, 6.07) is 8.14. The predicted molar refractivity (Wildman–Crippen MR) is 155 cm³/mol. The molecule has 3 heterocycles. The van der Waals surface area contributed by atoms with Gasteiger partial charge in [-0.3, -0.25) is 9.80 Å². The smallest absolute Gasteiger partial charge is 0.354 e. The molecule has 0 aromatic carbocycles. The number of carbonyl (C=O) groups is 2. The average molecular weight is 606 g/mol. The van der Waals surface area contributed by atoms with Gasteiger partial charge in [0.15, 0.2) is 5.69 Å². The summed E-state index contributed by atoms with van der Waals surface area (Å²) in [6.45, 7) is 7.66. The van der Waals surface area contributed by atoms with Crippen molar-refractivity contribution in [2.75, 3.05) is 92.2 Å². The largest absolute Gasteiger partial charge is 0.493 e. The standard InChI is InChI=1S/C29H43N5O9/c30-5-2-10-43-25-19-24(32-27(20-25)29(37)38)22-34-8-13-41-17-15-39-11-6-33(7-12-40-16-18-42-14-9-34)21-23-3-1-4-26(31-23)28(35)36/h1,3-4,19-20H,2,5-18,21-22,30H2,(H,35,36)(H,37,38). The first kappa shape index (κ1) is 34.3. The van der Waals surface area contributed by atoms with Crippen molar-refractivity contribution in [3.05, 3.63) is 53.1 Å². The summed E-state index contributed by atoms with van der Waals surface area (Å²) in [5, 5.41) is 18.8. The quantitative estimate of drug-likeness (QED) is 0.326. The number of aromatic carboxylic acids is 2. The molecular formula is C29H43N5O9. The molecule has 0 atom stereocenters. The van der Waals surface area contributed by atoms with E-state index in [1.807, 2.05) is 0 Å². The van der Waals surface area contributed by atoms with Gasteiger partial charge in [-0.05, 0) is 25.1 Å². The van der Waals surface area contributed by atoms with Gasteiger partial charge in [-0.25, -0.2) is 19.6 Å². The van der Waals surface area contributed by atoms with Gasteiger partial charge in [-0.15, -0.1) is 0 Å². The fraction of sp³-hybridized carbons (Fsp3) is 0.586. The van der Waals surface area contributed by atoms with Crippen molar-refractivity contribution in [1.29, 1.82) is 0 Å². The van der Waals surface area contributed by atoms with E-state index in [9.17, 15) is 19.8 Å². The summed E-state index contributed by atoms with van der Waals surface area (Å²) in [7, 11) is 0. The molecule has 238 valence electrons. The first-order chi connectivity index (χ1) is 20.9. The van der Waals surface area contributed by atoms with Crippen LogP contribution < -0.4 is 10.5 Å². The number of hydrogen-bond donors (Lipinski definition) is 3. The first-order valence-corrected chi connectivity index (χ1v) is 14.5. The normalized spacial score (nSPS) is 17.5. The zero-order chi connectivity index (χ0) is 30.7. The van der Waals surface area contributed by atoms with Crippen molar-refractivity contribution < 1.29 is 43.5 Å². The lowest BCUT2D eigenvalue weighted by Crippen LogP contribution is -2.33. The molecule has 1 saturated heterocycles. The lowest BCUT2D eigenvalue weighted by Gasteiger charge is -2.23. The second kappa shape index (κ2) is 19.9. The summed E-state index contributed by atoms with van der Waals surface area (Å²) in [6.07, 6.45) is 0.660. The van der Waals surface area contributed by atoms with E-state index in [2.05, 4.69) is 19.8 Å². The second-order valence-corrected chi connectivity index (χ2v) is 9.80. The Kier molecular flexibility index (Phi) is 15.8. The number of pyridine rings is 2. The Morgan fingerprint density at radius 2 is 1.26 bits per heavy atom. The van der Waals surface area contributed by atoms with E-state index in [1.165, 1.54) is 12.1 Å². The van der Waals surface area contributed by atoms with E-state index >= 15 is 0 Å². The van der Waals surface area contributed by atoms with Crippen LogP contribution in [0, 0.1) is 0 Å². The SMILES string of the molecule is NCCCOc1cc(CN2CCOCCOCCN(Cc3cccc(C(=O)O)n3)CCOCCOCC2)nc(C(=O)O)c1. The monoisotopic (exact) mass is 605 g/mol. The fourth-order valence-corrected chi connectivity index (χ4v) is 4.21. The summed E-state index contributed by atoms with van der Waals surface area (Å²) in [5.41, 5.74) is 6.72. The van der Waals surface area contributed by atoms with Crippen LogP contribution >= 0.6 is 0 Å². The van der Waals surface area contributed by atoms with Crippen LogP contribution in [-0.2, 0) is 32.0 Å². The fourth-order valence-electron chi connectivity index (χ4n) is 4.21. The highest BCUT2D eigenvalue weighted by atomic mass is 16.5. The van der Waals surface area contributed by atoms with E-state index in [0.717, 1.165) is 0 Å². The highest BCUT2D eigenvalue weighted by Crippen LogP contribution is 2.17. The van der Waals surface area contributed by atoms with Crippen LogP contribution in [-0.4, -0.2) is 134 Å². The molecule has 0 aliphatic carbocycles. The van der Waals surface area contributed by atoms with Crippen molar-refractivity contribution in [1.82, 2.24) is 19.8 Å². The minimum Gasteiger partial charge on any atom is -0.493 e. The Hall–Kier alpha value is -3.24. The average Bonchev–Trinajstić information content (AvgIpc) is 2.99. The van der Waals surface area contributed by atoms with Crippen LogP contribution in [0.5, 0.6) is 5.75 Å². The third kappa shape index (κ3) is 13.7. The van der Waals surface area contributed by atoms with Crippen LogP contribution in [0.3, 0.4) is 0 Å². The van der Waals surface area contributed by atoms with Gasteiger partial charge < -0.3 is 39.6 Å². The van der Waals surface area contributed by atoms with Crippen LogP contribution in [0.1, 0.15) is 38.8 Å². The molecule has 0 spiro atoms. The molecule has 14 nitrogen and oxygen atoms in total. The number of rotatable bonds is 10. The third-order valence-corrected chi connectivity index (χ3v) is 6.44. The number of carboxylic acids is 2. The highest BCUT2D eigenvalue weighted by Gasteiger charge is 2.14. The second-order valence-electron chi connectivity index (χ2n) is 9.80. The number of carboxylic acid groups (broad SMARTS) is 2. The molecular weight excluding hydrogens is 562 g/mol. The van der Waals surface area contributed by atoms with Crippen molar-refractivity contribution in [2.45, 2.75) is 19.5 Å². The van der Waals surface area contributed by atoms with Crippen LogP contribution in [0.25, 0.3) is 0 Å². The number of hydrogen-bond acceptors (Lipinski definition) is 12. The van der Waals surface area contributed by atoms with Crippen LogP contribution in [0.2, 0.25) is 0 Å². The predicted octanol–water partition coefficient (Wildman–Crippen LogP) is 0.985. The maximum Gasteiger partial charge on any atom is 0.354 e. The molecule has 3 rings (SSSR count). The first-order valence-electron chi connectivity index (χ1n) is 14.5. The van der Waals surface area contributed by atoms with Gasteiger partial charge in [0.2, 0.25) is 0 Å². The molecule has 0 unspecified atom stereocenters. The summed E-state index contributed by atoms with van der Waals surface area (Å²) in [4.78, 5) is 35.6. The molecule has 43 heavy (non-hydrogen) atoms. The van der Waals surface area contributed by atoms with Gasteiger partial charge >= 0.3 is 11.9 Å². The van der Waals surface area contributed by atoms with Crippen LogP contribution in [0.15, 0.2) is 30.3 Å². The molecule has 1 fully saturated rings. The Bertz CT molecular complexity index is 1100. The Morgan fingerprint density at radius 1 is 0.744 bits per heavy atom. The van der Waals surface area contributed by atoms with Gasteiger partial charge in [0, 0.05) is 51.4 Å². The van der Waals surface area contributed by atoms with E-state index in [4.69, 9.17) is 29.4 Å². The van der Waals surface area contributed by atoms with Crippen molar-refractivity contribution >= 4 is 11.9 Å². The molecule has 0 bridgehead atoms. The zero-order valence-electron chi connectivity index (χ0n) is 24.5. The Labute approximate surface area is 251 Å². The molecule has 4 N–H and O–H groups in total. The number of nitrogens with zero attached hydrogens (tertiary/aromatic N) is 4. The molecule has 0 amide bonds. The topological polar surface area (TPSA) is 179 Å². The molecule has 2 aromatic rings. The molecule has 14 heteroatoms. The van der Waals surface area contributed by atoms with Crippen molar-refractivity contribution in [3.63, 3.8) is 0 Å². The van der Waals surface area contributed by atoms with E-state index in [1.54, 1.807) is 18.2 Å². The van der Waals surface area contributed by atoms with Crippen molar-refractivity contribution in [2.24, 2.45) is 5.73 Å². The Morgan fingerprint density at radius 3 is 1.77 bits per heavy atom. The number of aromatic nitrogens is 2.